The average molecular weight is 1080 g/mol. The molecule has 11 atom stereocenters. The number of ether oxygens (including phenoxy) is 6. The maximum absolute atomic E-state index is 13.1. The van der Waals surface area contributed by atoms with Crippen LogP contribution in [-0.4, -0.2) is 142 Å². The summed E-state index contributed by atoms with van der Waals surface area (Å²) < 4.78 is 33.7. The molecule has 436 valence electrons. The number of esters is 2. The lowest BCUT2D eigenvalue weighted by molar-refractivity contribution is -0.332. The number of rotatable bonds is 45. The maximum atomic E-state index is 13.1. The molecule has 7 N–H and O–H groups in total. The fourth-order valence-corrected chi connectivity index (χ4v) is 8.69. The lowest BCUT2D eigenvalue weighted by Crippen LogP contribution is -2.61. The largest absolute Gasteiger partial charge is 0.462 e. The second-order valence-electron chi connectivity index (χ2n) is 20.1. The first-order valence-corrected chi connectivity index (χ1v) is 29.2. The van der Waals surface area contributed by atoms with Crippen molar-refractivity contribution < 1.29 is 73.8 Å². The van der Waals surface area contributed by atoms with Gasteiger partial charge in [-0.2, -0.15) is 0 Å². The van der Waals surface area contributed by atoms with Crippen molar-refractivity contribution in [1.82, 2.24) is 0 Å². The molecule has 0 aliphatic carbocycles. The minimum Gasteiger partial charge on any atom is -0.462 e. The van der Waals surface area contributed by atoms with Crippen LogP contribution < -0.4 is 0 Å². The van der Waals surface area contributed by atoms with Crippen LogP contribution in [0, 0.1) is 0 Å². The van der Waals surface area contributed by atoms with Crippen molar-refractivity contribution in [3.8, 4) is 0 Å². The monoisotopic (exact) mass is 1070 g/mol. The van der Waals surface area contributed by atoms with Crippen LogP contribution in [0.15, 0.2) is 85.1 Å². The van der Waals surface area contributed by atoms with Gasteiger partial charge < -0.3 is 64.2 Å². The number of allylic oxidation sites excluding steroid dienone is 14. The highest BCUT2D eigenvalue weighted by Gasteiger charge is 2.47. The van der Waals surface area contributed by atoms with Crippen LogP contribution in [0.2, 0.25) is 0 Å². The highest BCUT2D eigenvalue weighted by atomic mass is 16.7. The zero-order valence-electron chi connectivity index (χ0n) is 46.5. The Bertz CT molecular complexity index is 1640. The smallest absolute Gasteiger partial charge is 0.306 e. The molecule has 2 rings (SSSR count). The summed E-state index contributed by atoms with van der Waals surface area (Å²) >= 11 is 0. The number of hydrogen-bond acceptors (Lipinski definition) is 15. The molecule has 2 saturated heterocycles. The lowest BCUT2D eigenvalue weighted by Gasteiger charge is -2.42. The number of aliphatic hydroxyl groups excluding tert-OH is 7. The van der Waals surface area contributed by atoms with Crippen molar-refractivity contribution >= 4 is 11.9 Å². The van der Waals surface area contributed by atoms with Crippen LogP contribution in [0.25, 0.3) is 0 Å². The highest BCUT2D eigenvalue weighted by molar-refractivity contribution is 5.70. The van der Waals surface area contributed by atoms with Gasteiger partial charge in [0, 0.05) is 12.8 Å². The second-order valence-corrected chi connectivity index (χ2v) is 20.1. The Kier molecular flexibility index (Phi) is 42.2. The summed E-state index contributed by atoms with van der Waals surface area (Å²) in [5, 5.41) is 72.3. The Morgan fingerprint density at radius 1 is 0.421 bits per heavy atom. The molecule has 0 radical (unpaired) electrons. The van der Waals surface area contributed by atoms with E-state index < -0.39 is 99.3 Å². The van der Waals surface area contributed by atoms with Crippen LogP contribution in [0.4, 0.5) is 0 Å². The molecule has 0 amide bonds. The van der Waals surface area contributed by atoms with Gasteiger partial charge in [0.1, 0.15) is 55.4 Å². The molecule has 2 aliphatic rings. The molecule has 0 spiro atoms. The van der Waals surface area contributed by atoms with Gasteiger partial charge in [-0.05, 0) is 83.5 Å². The third kappa shape index (κ3) is 33.2. The molecule has 0 aromatic heterocycles. The van der Waals surface area contributed by atoms with E-state index in [4.69, 9.17) is 28.4 Å². The third-order valence-corrected chi connectivity index (χ3v) is 13.4. The van der Waals surface area contributed by atoms with E-state index in [0.717, 1.165) is 116 Å². The van der Waals surface area contributed by atoms with Gasteiger partial charge in [0.05, 0.1) is 19.8 Å². The Balaban J connectivity index is 1.75. The van der Waals surface area contributed by atoms with E-state index in [9.17, 15) is 45.3 Å². The highest BCUT2D eigenvalue weighted by Crippen LogP contribution is 2.27. The summed E-state index contributed by atoms with van der Waals surface area (Å²) in [6.45, 7) is 2.36. The van der Waals surface area contributed by atoms with Crippen molar-refractivity contribution in [1.29, 1.82) is 0 Å². The second kappa shape index (κ2) is 46.6. The van der Waals surface area contributed by atoms with Gasteiger partial charge in [0.25, 0.3) is 0 Å². The molecule has 0 bridgehead atoms. The number of hydrogen-bond donors (Lipinski definition) is 7. The van der Waals surface area contributed by atoms with Crippen molar-refractivity contribution in [3.05, 3.63) is 85.1 Å². The van der Waals surface area contributed by atoms with Gasteiger partial charge >= 0.3 is 11.9 Å². The Morgan fingerprint density at radius 3 is 1.24 bits per heavy atom. The minimum atomic E-state index is -1.77. The summed E-state index contributed by atoms with van der Waals surface area (Å²) in [5.41, 5.74) is 0. The van der Waals surface area contributed by atoms with Crippen LogP contribution in [0.3, 0.4) is 0 Å². The fourth-order valence-electron chi connectivity index (χ4n) is 8.69. The average Bonchev–Trinajstić information content (AvgIpc) is 3.41. The Hall–Kier alpha value is -3.32. The molecule has 0 saturated carbocycles. The molecule has 2 aliphatic heterocycles. The molecule has 11 unspecified atom stereocenters. The summed E-state index contributed by atoms with van der Waals surface area (Å²) in [6, 6.07) is 0. The molecule has 15 nitrogen and oxygen atoms in total. The van der Waals surface area contributed by atoms with E-state index >= 15 is 0 Å². The van der Waals surface area contributed by atoms with Crippen LogP contribution in [-0.2, 0) is 38.0 Å². The summed E-state index contributed by atoms with van der Waals surface area (Å²) in [7, 11) is 0. The fraction of sp³-hybridized carbons (Fsp3) is 0.738. The van der Waals surface area contributed by atoms with E-state index in [2.05, 4.69) is 98.9 Å². The van der Waals surface area contributed by atoms with Gasteiger partial charge in [0.15, 0.2) is 18.7 Å². The van der Waals surface area contributed by atoms with E-state index in [-0.39, 0.29) is 19.4 Å². The van der Waals surface area contributed by atoms with E-state index in [0.29, 0.717) is 12.8 Å². The molecule has 2 heterocycles. The number of carbonyl (C=O) groups excluding carboxylic acids is 2. The molecule has 15 heteroatoms. The summed E-state index contributed by atoms with van der Waals surface area (Å²) in [4.78, 5) is 25.9. The van der Waals surface area contributed by atoms with E-state index in [1.807, 2.05) is 0 Å². The number of carbonyl (C=O) groups is 2. The third-order valence-electron chi connectivity index (χ3n) is 13.4. The van der Waals surface area contributed by atoms with Crippen LogP contribution in [0.5, 0.6) is 0 Å². The normalized spacial score (nSPS) is 25.0. The minimum absolute atomic E-state index is 0.153. The topological polar surface area (TPSA) is 231 Å². The van der Waals surface area contributed by atoms with Crippen LogP contribution in [0.1, 0.15) is 194 Å². The van der Waals surface area contributed by atoms with Gasteiger partial charge in [-0.1, -0.05) is 182 Å². The van der Waals surface area contributed by atoms with Crippen molar-refractivity contribution in [2.24, 2.45) is 0 Å². The van der Waals surface area contributed by atoms with Gasteiger partial charge in [0.2, 0.25) is 0 Å². The zero-order chi connectivity index (χ0) is 55.3. The van der Waals surface area contributed by atoms with E-state index in [1.54, 1.807) is 0 Å². The first kappa shape index (κ1) is 68.8. The number of unbranched alkanes of at least 4 members (excludes halogenated alkanes) is 17. The summed E-state index contributed by atoms with van der Waals surface area (Å²) in [6.07, 6.45) is 41.7. The van der Waals surface area contributed by atoms with Crippen molar-refractivity contribution in [2.75, 3.05) is 26.4 Å². The van der Waals surface area contributed by atoms with E-state index in [1.165, 1.54) is 38.5 Å². The Morgan fingerprint density at radius 2 is 0.789 bits per heavy atom. The molecule has 76 heavy (non-hydrogen) atoms. The molecular weight excluding hydrogens is 973 g/mol. The lowest BCUT2D eigenvalue weighted by atomic mass is 9.98. The Labute approximate surface area is 456 Å². The molecule has 0 aromatic rings. The first-order chi connectivity index (χ1) is 37.0. The SMILES string of the molecule is CC/C=C\C/C=C\C/C=C\C/C=C\CCCCCCCCCCCCC(=O)OC(COC(=O)CCCCCCCCC/C=C\C/C=C\C/C=C\CC)COC1OC(COC2OC(CO)C(O)C(O)C2O)C(O)C(O)C1O. The number of aliphatic hydroxyl groups is 7. The molecular formula is C61H102O15. The molecule has 2 fully saturated rings. The molecule has 0 aromatic carbocycles. The standard InChI is InChI=1S/C61H102O15/c1-3-5-7-9-11-13-15-17-19-21-22-23-24-25-26-28-30-32-34-36-38-40-42-44-53(64)74-49(46-71-52(63)43-41-39-37-35-33-31-29-27-20-18-16-14-12-10-8-6-4-2)47-72-60-59(70)57(68)55(66)51(76-60)48-73-61-58(69)56(67)54(65)50(45-62)75-61/h5-8,11-14,17-20,22-23,49-51,54-62,65-70H,3-4,9-10,15-16,21,24-48H2,1-2H3/b7-5-,8-6-,13-11-,14-12-,19-17-,20-18-,23-22-. The van der Waals surface area contributed by atoms with Gasteiger partial charge in [-0.3, -0.25) is 9.59 Å². The quantitative estimate of drug-likeness (QED) is 0.0171. The van der Waals surface area contributed by atoms with Gasteiger partial charge in [-0.15, -0.1) is 0 Å². The predicted octanol–water partition coefficient (Wildman–Crippen LogP) is 9.94. The van der Waals surface area contributed by atoms with Crippen LogP contribution >= 0.6 is 0 Å². The summed E-state index contributed by atoms with van der Waals surface area (Å²) in [5.74, 6) is -0.944. The maximum Gasteiger partial charge on any atom is 0.306 e. The van der Waals surface area contributed by atoms with Crippen molar-refractivity contribution in [2.45, 2.75) is 261 Å². The first-order valence-electron chi connectivity index (χ1n) is 29.2. The van der Waals surface area contributed by atoms with Gasteiger partial charge in [-0.25, -0.2) is 0 Å². The zero-order valence-corrected chi connectivity index (χ0v) is 46.5. The predicted molar refractivity (Wildman–Crippen MR) is 298 cm³/mol. The van der Waals surface area contributed by atoms with Crippen molar-refractivity contribution in [3.63, 3.8) is 0 Å².